The van der Waals surface area contributed by atoms with Crippen LogP contribution in [0, 0.1) is 15.9 Å². The second-order valence-electron chi connectivity index (χ2n) is 6.00. The van der Waals surface area contributed by atoms with E-state index in [9.17, 15) is 19.3 Å². The summed E-state index contributed by atoms with van der Waals surface area (Å²) in [6.07, 6.45) is 1.56. The van der Waals surface area contributed by atoms with Crippen LogP contribution in [0.1, 0.15) is 5.76 Å². The van der Waals surface area contributed by atoms with Gasteiger partial charge in [0.25, 0.3) is 11.6 Å². The number of non-ortho nitro benzene ring substituents is 1. The molecule has 1 saturated heterocycles. The molecule has 0 spiro atoms. The normalized spacial score (nSPS) is 15.3. The number of hydrogen-bond donors (Lipinski definition) is 0. The van der Waals surface area contributed by atoms with Gasteiger partial charge < -0.3 is 4.42 Å². The number of furan rings is 1. The Bertz CT molecular complexity index is 1170. The summed E-state index contributed by atoms with van der Waals surface area (Å²) in [6, 6.07) is 15.0. The third kappa shape index (κ3) is 3.82. The lowest BCUT2D eigenvalue weighted by molar-refractivity contribution is -0.384. The number of carbonyl (C=O) groups excluding carboxylic acids is 1. The zero-order chi connectivity index (χ0) is 20.5. The molecule has 1 aliphatic heterocycles. The van der Waals surface area contributed by atoms with Gasteiger partial charge in [-0.2, -0.15) is 0 Å². The van der Waals surface area contributed by atoms with Gasteiger partial charge in [0.15, 0.2) is 4.32 Å². The summed E-state index contributed by atoms with van der Waals surface area (Å²) in [6.45, 7) is 0. The summed E-state index contributed by atoms with van der Waals surface area (Å²) in [4.78, 5) is 24.9. The van der Waals surface area contributed by atoms with E-state index in [-0.39, 0.29) is 21.7 Å². The number of nitro benzene ring substituents is 1. The topological polar surface area (TPSA) is 76.6 Å². The molecule has 2 aromatic carbocycles. The first-order valence-corrected chi connectivity index (χ1v) is 9.53. The Morgan fingerprint density at radius 2 is 1.90 bits per heavy atom. The van der Waals surface area contributed by atoms with Gasteiger partial charge in [-0.1, -0.05) is 30.0 Å². The molecule has 0 bridgehead atoms. The Labute approximate surface area is 173 Å². The van der Waals surface area contributed by atoms with E-state index < -0.39 is 4.92 Å². The minimum Gasteiger partial charge on any atom is -0.457 e. The van der Waals surface area contributed by atoms with Crippen LogP contribution in [0.15, 0.2) is 70.0 Å². The van der Waals surface area contributed by atoms with Gasteiger partial charge in [-0.05, 0) is 42.5 Å². The number of thioether (sulfide) groups is 1. The molecule has 0 unspecified atom stereocenters. The number of anilines is 1. The first kappa shape index (κ1) is 19.0. The predicted octanol–water partition coefficient (Wildman–Crippen LogP) is 5.40. The molecule has 1 fully saturated rings. The molecule has 0 N–H and O–H groups in total. The molecule has 3 aromatic rings. The monoisotopic (exact) mass is 426 g/mol. The molecule has 1 aliphatic rings. The van der Waals surface area contributed by atoms with Crippen molar-refractivity contribution in [3.05, 3.63) is 87.3 Å². The average molecular weight is 426 g/mol. The summed E-state index contributed by atoms with van der Waals surface area (Å²) in [5.41, 5.74) is 0.905. The zero-order valence-electron chi connectivity index (χ0n) is 14.6. The molecule has 0 atom stereocenters. The molecule has 4 rings (SSSR count). The van der Waals surface area contributed by atoms with Crippen LogP contribution in [-0.2, 0) is 4.79 Å². The number of benzene rings is 2. The summed E-state index contributed by atoms with van der Waals surface area (Å²) in [7, 11) is 0. The van der Waals surface area contributed by atoms with Crippen molar-refractivity contribution >= 4 is 51.7 Å². The van der Waals surface area contributed by atoms with Gasteiger partial charge in [0.05, 0.1) is 15.5 Å². The number of hydrogen-bond acceptors (Lipinski definition) is 6. The first-order valence-electron chi connectivity index (χ1n) is 8.30. The predicted molar refractivity (Wildman–Crippen MR) is 113 cm³/mol. The molecule has 0 aliphatic carbocycles. The van der Waals surface area contributed by atoms with E-state index in [4.69, 9.17) is 16.6 Å². The fourth-order valence-electron chi connectivity index (χ4n) is 2.76. The van der Waals surface area contributed by atoms with Crippen LogP contribution in [0.5, 0.6) is 0 Å². The van der Waals surface area contributed by atoms with Crippen molar-refractivity contribution in [2.45, 2.75) is 0 Å². The quantitative estimate of drug-likeness (QED) is 0.241. The Morgan fingerprint density at radius 1 is 1.14 bits per heavy atom. The Balaban J connectivity index is 1.60. The highest BCUT2D eigenvalue weighted by atomic mass is 32.2. The second-order valence-corrected chi connectivity index (χ2v) is 7.68. The SMILES string of the molecule is O=C1/C(=C\c2ccc(-c3ccc(F)cc3)o2)SC(=S)N1c1cccc([N+](=O)[O-])c1. The highest BCUT2D eigenvalue weighted by molar-refractivity contribution is 8.27. The van der Waals surface area contributed by atoms with Crippen LogP contribution in [-0.4, -0.2) is 15.2 Å². The third-order valence-corrected chi connectivity index (χ3v) is 5.42. The number of rotatable bonds is 4. The van der Waals surface area contributed by atoms with Crippen molar-refractivity contribution < 1.29 is 18.5 Å². The fraction of sp³-hybridized carbons (Fsp3) is 0. The summed E-state index contributed by atoms with van der Waals surface area (Å²) < 4.78 is 19.1. The second kappa shape index (κ2) is 7.61. The standard InChI is InChI=1S/C20H11FN2O4S2/c21-13-6-4-12(5-7-13)17-9-8-16(27-17)11-18-19(24)22(20(28)29-18)14-2-1-3-15(10-14)23(25)26/h1-11H/b18-11+. The van der Waals surface area contributed by atoms with Crippen LogP contribution in [0.3, 0.4) is 0 Å². The maximum Gasteiger partial charge on any atom is 0.271 e. The van der Waals surface area contributed by atoms with Gasteiger partial charge in [-0.3, -0.25) is 19.8 Å². The van der Waals surface area contributed by atoms with Gasteiger partial charge in [0.1, 0.15) is 17.3 Å². The van der Waals surface area contributed by atoms with Crippen molar-refractivity contribution in [1.29, 1.82) is 0 Å². The van der Waals surface area contributed by atoms with Crippen LogP contribution in [0.2, 0.25) is 0 Å². The van der Waals surface area contributed by atoms with Crippen molar-refractivity contribution in [3.63, 3.8) is 0 Å². The smallest absolute Gasteiger partial charge is 0.271 e. The lowest BCUT2D eigenvalue weighted by Gasteiger charge is -2.13. The average Bonchev–Trinajstić information content (AvgIpc) is 3.27. The summed E-state index contributed by atoms with van der Waals surface area (Å²) in [5.74, 6) is 0.236. The van der Waals surface area contributed by atoms with Gasteiger partial charge in [-0.15, -0.1) is 0 Å². The van der Waals surface area contributed by atoms with E-state index in [1.807, 2.05) is 0 Å². The van der Waals surface area contributed by atoms with E-state index >= 15 is 0 Å². The first-order chi connectivity index (χ1) is 13.9. The molecule has 144 valence electrons. The molecule has 0 radical (unpaired) electrons. The number of nitro groups is 1. The third-order valence-electron chi connectivity index (χ3n) is 4.12. The Morgan fingerprint density at radius 3 is 2.62 bits per heavy atom. The van der Waals surface area contributed by atoms with Crippen LogP contribution >= 0.6 is 24.0 Å². The summed E-state index contributed by atoms with van der Waals surface area (Å²) in [5, 5.41) is 11.0. The molecule has 1 amide bonds. The van der Waals surface area contributed by atoms with Crippen LogP contribution < -0.4 is 4.90 Å². The number of nitrogens with zero attached hydrogens (tertiary/aromatic N) is 2. The molecular weight excluding hydrogens is 415 g/mol. The lowest BCUT2D eigenvalue weighted by atomic mass is 10.2. The Hall–Kier alpha value is -3.30. The van der Waals surface area contributed by atoms with Crippen LogP contribution in [0.25, 0.3) is 17.4 Å². The van der Waals surface area contributed by atoms with Crippen molar-refractivity contribution in [2.24, 2.45) is 0 Å². The fourth-order valence-corrected chi connectivity index (χ4v) is 4.04. The number of amides is 1. The minimum absolute atomic E-state index is 0.129. The van der Waals surface area contributed by atoms with E-state index in [0.717, 1.165) is 11.8 Å². The van der Waals surface area contributed by atoms with E-state index in [1.54, 1.807) is 36.4 Å². The van der Waals surface area contributed by atoms with E-state index in [1.165, 1.54) is 35.2 Å². The highest BCUT2D eigenvalue weighted by Gasteiger charge is 2.34. The minimum atomic E-state index is -0.531. The van der Waals surface area contributed by atoms with Gasteiger partial charge in [-0.25, -0.2) is 4.39 Å². The van der Waals surface area contributed by atoms with Crippen molar-refractivity contribution in [3.8, 4) is 11.3 Å². The van der Waals surface area contributed by atoms with Gasteiger partial charge in [0.2, 0.25) is 0 Å². The van der Waals surface area contributed by atoms with Gasteiger partial charge in [0, 0.05) is 23.8 Å². The summed E-state index contributed by atoms with van der Waals surface area (Å²) >= 11 is 6.37. The van der Waals surface area contributed by atoms with Crippen molar-refractivity contribution in [1.82, 2.24) is 0 Å². The van der Waals surface area contributed by atoms with E-state index in [2.05, 4.69) is 0 Å². The largest absolute Gasteiger partial charge is 0.457 e. The number of carbonyl (C=O) groups is 1. The maximum atomic E-state index is 13.1. The lowest BCUT2D eigenvalue weighted by Crippen LogP contribution is -2.27. The Kier molecular flexibility index (Phi) is 4.99. The molecule has 9 heteroatoms. The van der Waals surface area contributed by atoms with E-state index in [0.29, 0.717) is 27.7 Å². The highest BCUT2D eigenvalue weighted by Crippen LogP contribution is 2.37. The molecule has 6 nitrogen and oxygen atoms in total. The molecular formula is C20H11FN2O4S2. The van der Waals surface area contributed by atoms with Crippen molar-refractivity contribution in [2.75, 3.05) is 4.90 Å². The zero-order valence-corrected chi connectivity index (χ0v) is 16.2. The molecule has 2 heterocycles. The molecule has 29 heavy (non-hydrogen) atoms. The van der Waals surface area contributed by atoms with Crippen LogP contribution in [0.4, 0.5) is 15.8 Å². The number of halogens is 1. The molecule has 0 saturated carbocycles. The maximum absolute atomic E-state index is 13.1. The van der Waals surface area contributed by atoms with Gasteiger partial charge >= 0.3 is 0 Å². The number of thiocarbonyl (C=S) groups is 1. The molecule has 1 aromatic heterocycles.